The Balaban J connectivity index is 2.21. The number of aromatic hydroxyl groups is 1. The van der Waals surface area contributed by atoms with Gasteiger partial charge < -0.3 is 16.2 Å². The van der Waals surface area contributed by atoms with E-state index in [-0.39, 0.29) is 17.2 Å². The van der Waals surface area contributed by atoms with Crippen LogP contribution in [-0.2, 0) is 0 Å². The molecule has 1 aliphatic rings. The van der Waals surface area contributed by atoms with Gasteiger partial charge in [0.2, 0.25) is 0 Å². The molecule has 4 N–H and O–H groups in total. The van der Waals surface area contributed by atoms with Crippen molar-refractivity contribution in [2.75, 3.05) is 0 Å². The van der Waals surface area contributed by atoms with E-state index in [4.69, 9.17) is 18.0 Å². The fourth-order valence-electron chi connectivity index (χ4n) is 2.81. The van der Waals surface area contributed by atoms with Gasteiger partial charge in [0.05, 0.1) is 16.1 Å². The molecule has 1 fully saturated rings. The Morgan fingerprint density at radius 2 is 2.05 bits per heavy atom. The third kappa shape index (κ3) is 3.35. The Morgan fingerprint density at radius 1 is 1.43 bits per heavy atom. The first kappa shape index (κ1) is 15.8. The molecule has 0 saturated heterocycles. The molecule has 0 bridgehead atoms. The lowest BCUT2D eigenvalue weighted by Gasteiger charge is -2.39. The molecule has 1 saturated carbocycles. The molecular formula is C16H22N2O2S. The summed E-state index contributed by atoms with van der Waals surface area (Å²) in [6, 6.07) is 5.00. The van der Waals surface area contributed by atoms with Crippen molar-refractivity contribution in [3.63, 3.8) is 0 Å². The number of carbonyl (C=O) groups is 1. The number of amides is 1. The highest BCUT2D eigenvalue weighted by Crippen LogP contribution is 2.33. The Bertz CT molecular complexity index is 563. The highest BCUT2D eigenvalue weighted by Gasteiger charge is 2.38. The number of phenols is 1. The second kappa shape index (κ2) is 6.02. The van der Waals surface area contributed by atoms with Crippen LogP contribution in [0.15, 0.2) is 18.2 Å². The number of aryl methyl sites for hydroxylation is 1. The van der Waals surface area contributed by atoms with Gasteiger partial charge in [0.15, 0.2) is 0 Å². The van der Waals surface area contributed by atoms with Crippen LogP contribution in [0.5, 0.6) is 5.75 Å². The van der Waals surface area contributed by atoms with E-state index in [2.05, 4.69) is 12.2 Å². The predicted molar refractivity (Wildman–Crippen MR) is 87.5 cm³/mol. The van der Waals surface area contributed by atoms with Crippen LogP contribution in [0.25, 0.3) is 0 Å². The van der Waals surface area contributed by atoms with Gasteiger partial charge >= 0.3 is 0 Å². The van der Waals surface area contributed by atoms with Gasteiger partial charge in [0.1, 0.15) is 5.75 Å². The van der Waals surface area contributed by atoms with E-state index in [9.17, 15) is 9.90 Å². The van der Waals surface area contributed by atoms with Crippen LogP contribution in [0.2, 0.25) is 0 Å². The minimum absolute atomic E-state index is 0.0187. The summed E-state index contributed by atoms with van der Waals surface area (Å²) in [5, 5.41) is 12.9. The van der Waals surface area contributed by atoms with Gasteiger partial charge in [-0.15, -0.1) is 0 Å². The maximum Gasteiger partial charge on any atom is 0.255 e. The van der Waals surface area contributed by atoms with E-state index >= 15 is 0 Å². The molecule has 1 aromatic carbocycles. The fraction of sp³-hybridized carbons (Fsp3) is 0.500. The smallest absolute Gasteiger partial charge is 0.255 e. The average molecular weight is 306 g/mol. The summed E-state index contributed by atoms with van der Waals surface area (Å²) in [4.78, 5) is 12.8. The predicted octanol–water partition coefficient (Wildman–Crippen LogP) is 2.67. The van der Waals surface area contributed by atoms with Crippen molar-refractivity contribution in [1.29, 1.82) is 0 Å². The Morgan fingerprint density at radius 3 is 2.57 bits per heavy atom. The minimum atomic E-state index is -0.629. The number of carbonyl (C=O) groups excluding carboxylic acids is 1. The van der Waals surface area contributed by atoms with Crippen molar-refractivity contribution in [3.05, 3.63) is 29.3 Å². The minimum Gasteiger partial charge on any atom is -0.507 e. The van der Waals surface area contributed by atoms with Crippen LogP contribution in [0.4, 0.5) is 0 Å². The van der Waals surface area contributed by atoms with Gasteiger partial charge in [-0.1, -0.05) is 25.2 Å². The molecule has 0 radical (unpaired) electrons. The molecule has 0 heterocycles. The molecule has 1 aliphatic carbocycles. The normalized spacial score (nSPS) is 25.3. The number of hydrogen-bond donors (Lipinski definition) is 3. The van der Waals surface area contributed by atoms with Crippen LogP contribution in [0.3, 0.4) is 0 Å². The van der Waals surface area contributed by atoms with Gasteiger partial charge in [0.25, 0.3) is 5.91 Å². The lowest BCUT2D eigenvalue weighted by molar-refractivity contribution is 0.0898. The van der Waals surface area contributed by atoms with Crippen LogP contribution in [0.1, 0.15) is 48.5 Å². The van der Waals surface area contributed by atoms with Crippen molar-refractivity contribution in [1.82, 2.24) is 5.32 Å². The van der Waals surface area contributed by atoms with Gasteiger partial charge in [-0.25, -0.2) is 0 Å². The monoisotopic (exact) mass is 306 g/mol. The quantitative estimate of drug-likeness (QED) is 0.751. The Hall–Kier alpha value is -1.62. The van der Waals surface area contributed by atoms with Crippen molar-refractivity contribution >= 4 is 23.1 Å². The third-order valence-corrected chi connectivity index (χ3v) is 4.74. The standard InChI is InChI=1S/C16H22N2O2S/c1-10-5-7-16(8-6-10,15(17)21)18-14(20)12-4-3-11(2)9-13(12)19/h3-4,9-10,19H,5-8H2,1-2H3,(H2,17,21)(H,18,20). The van der Waals surface area contributed by atoms with Gasteiger partial charge in [0, 0.05) is 0 Å². The van der Waals surface area contributed by atoms with E-state index in [1.54, 1.807) is 18.2 Å². The summed E-state index contributed by atoms with van der Waals surface area (Å²) in [5.41, 5.74) is 6.42. The van der Waals surface area contributed by atoms with E-state index < -0.39 is 5.54 Å². The Kier molecular flexibility index (Phi) is 4.52. The van der Waals surface area contributed by atoms with Crippen LogP contribution in [-0.4, -0.2) is 21.5 Å². The zero-order valence-corrected chi connectivity index (χ0v) is 13.3. The van der Waals surface area contributed by atoms with E-state index in [0.717, 1.165) is 31.2 Å². The first-order valence-electron chi connectivity index (χ1n) is 7.26. The molecule has 0 atom stereocenters. The number of thiocarbonyl (C=S) groups is 1. The number of hydrogen-bond acceptors (Lipinski definition) is 3. The van der Waals surface area contributed by atoms with Crippen molar-refractivity contribution < 1.29 is 9.90 Å². The van der Waals surface area contributed by atoms with E-state index in [0.29, 0.717) is 10.9 Å². The fourth-order valence-corrected chi connectivity index (χ4v) is 3.06. The summed E-state index contributed by atoms with van der Waals surface area (Å²) in [6.45, 7) is 4.05. The highest BCUT2D eigenvalue weighted by atomic mass is 32.1. The lowest BCUT2D eigenvalue weighted by Crippen LogP contribution is -2.58. The molecule has 1 aromatic rings. The summed E-state index contributed by atoms with van der Waals surface area (Å²) in [5.74, 6) is 0.279. The van der Waals surface area contributed by atoms with Gasteiger partial charge in [-0.2, -0.15) is 0 Å². The molecule has 114 valence electrons. The summed E-state index contributed by atoms with van der Waals surface area (Å²) < 4.78 is 0. The van der Waals surface area contributed by atoms with Crippen LogP contribution in [0, 0.1) is 12.8 Å². The van der Waals surface area contributed by atoms with Crippen molar-refractivity contribution in [2.24, 2.45) is 11.7 Å². The molecule has 4 nitrogen and oxygen atoms in total. The maximum atomic E-state index is 12.4. The highest BCUT2D eigenvalue weighted by molar-refractivity contribution is 7.80. The summed E-state index contributed by atoms with van der Waals surface area (Å²) in [6.07, 6.45) is 3.47. The second-order valence-electron chi connectivity index (χ2n) is 6.10. The maximum absolute atomic E-state index is 12.4. The number of nitrogens with one attached hydrogen (secondary N) is 1. The zero-order chi connectivity index (χ0) is 15.6. The third-order valence-electron chi connectivity index (χ3n) is 4.35. The molecule has 0 aromatic heterocycles. The van der Waals surface area contributed by atoms with Gasteiger partial charge in [-0.3, -0.25) is 4.79 Å². The van der Waals surface area contributed by atoms with E-state index in [1.165, 1.54) is 0 Å². The van der Waals surface area contributed by atoms with Crippen LogP contribution >= 0.6 is 12.2 Å². The zero-order valence-electron chi connectivity index (χ0n) is 12.5. The molecule has 5 heteroatoms. The second-order valence-corrected chi connectivity index (χ2v) is 6.54. The molecule has 21 heavy (non-hydrogen) atoms. The molecule has 0 aliphatic heterocycles. The molecular weight excluding hydrogens is 284 g/mol. The number of benzene rings is 1. The largest absolute Gasteiger partial charge is 0.507 e. The number of phenolic OH excluding ortho intramolecular Hbond substituents is 1. The Labute approximate surface area is 130 Å². The van der Waals surface area contributed by atoms with Crippen molar-refractivity contribution in [3.8, 4) is 5.75 Å². The lowest BCUT2D eigenvalue weighted by atomic mass is 9.77. The first-order chi connectivity index (χ1) is 9.84. The molecule has 1 amide bonds. The molecule has 0 unspecified atom stereocenters. The van der Waals surface area contributed by atoms with E-state index in [1.807, 2.05) is 6.92 Å². The number of rotatable bonds is 3. The topological polar surface area (TPSA) is 75.4 Å². The summed E-state index contributed by atoms with van der Waals surface area (Å²) in [7, 11) is 0. The van der Waals surface area contributed by atoms with Gasteiger partial charge in [-0.05, 0) is 56.2 Å². The molecule has 0 spiro atoms. The summed E-state index contributed by atoms with van der Waals surface area (Å²) >= 11 is 5.19. The van der Waals surface area contributed by atoms with Crippen LogP contribution < -0.4 is 11.1 Å². The first-order valence-corrected chi connectivity index (χ1v) is 7.67. The SMILES string of the molecule is Cc1ccc(C(=O)NC2(C(N)=S)CCC(C)CC2)c(O)c1. The number of nitrogens with two attached hydrogens (primary N) is 1. The molecule has 2 rings (SSSR count). The van der Waals surface area contributed by atoms with Crippen molar-refractivity contribution in [2.45, 2.75) is 45.1 Å². The average Bonchev–Trinajstić information content (AvgIpc) is 2.41.